The van der Waals surface area contributed by atoms with Gasteiger partial charge in [0.05, 0.1) is 24.3 Å². The number of Topliss-reactive ketones (excluding diaryl/α,β-unsaturated/α-hetero) is 1. The fourth-order valence-corrected chi connectivity index (χ4v) is 6.40. The minimum atomic E-state index is -2.23. The van der Waals surface area contributed by atoms with Crippen molar-refractivity contribution in [1.29, 1.82) is 21.0 Å². The summed E-state index contributed by atoms with van der Waals surface area (Å²) >= 11 is 0. The summed E-state index contributed by atoms with van der Waals surface area (Å²) in [7, 11) is 0. The molecule has 0 spiro atoms. The zero-order valence-corrected chi connectivity index (χ0v) is 18.1. The van der Waals surface area contributed by atoms with E-state index in [9.17, 15) is 25.8 Å². The third kappa shape index (κ3) is 2.21. The number of carbonyl (C=O) groups excluding carboxylic acids is 1. The zero-order chi connectivity index (χ0) is 24.0. The number of carbonyl (C=O) groups is 1. The van der Waals surface area contributed by atoms with Crippen LogP contribution in [0.25, 0.3) is 0 Å². The standard InChI is InChI=1S/C29H18N4O/c30-16-27(17-31)25-15-24(20-9-3-1-4-10-20)29(28(27,18-32)19-33,23-14-8-7-13-22(23)25)26(34)21-11-5-2-6-12-21/h1-14,24-25H,15H2. The summed E-state index contributed by atoms with van der Waals surface area (Å²) in [4.78, 5) is 14.7. The highest BCUT2D eigenvalue weighted by atomic mass is 16.1. The highest BCUT2D eigenvalue weighted by Crippen LogP contribution is 2.74. The predicted octanol–water partition coefficient (Wildman–Crippen LogP) is 5.16. The molecule has 3 aliphatic rings. The molecule has 1 saturated carbocycles. The predicted molar refractivity (Wildman–Crippen MR) is 123 cm³/mol. The average Bonchev–Trinajstić information content (AvgIpc) is 2.92. The molecular weight excluding hydrogens is 420 g/mol. The van der Waals surface area contributed by atoms with Gasteiger partial charge >= 0.3 is 0 Å². The van der Waals surface area contributed by atoms with Crippen molar-refractivity contribution in [2.45, 2.75) is 23.7 Å². The van der Waals surface area contributed by atoms with E-state index in [0.29, 0.717) is 23.1 Å². The zero-order valence-electron chi connectivity index (χ0n) is 18.1. The number of nitriles is 4. The minimum Gasteiger partial charge on any atom is -0.293 e. The Bertz CT molecular complexity index is 1440. The normalized spacial score (nSPS) is 24.9. The molecule has 34 heavy (non-hydrogen) atoms. The molecule has 1 fully saturated rings. The summed E-state index contributed by atoms with van der Waals surface area (Å²) in [6, 6.07) is 33.4. The Hall–Kier alpha value is -4.71. The van der Waals surface area contributed by atoms with Gasteiger partial charge in [-0.05, 0) is 23.1 Å². The fraction of sp³-hybridized carbons (Fsp3) is 0.207. The number of ketones is 1. The van der Waals surface area contributed by atoms with Crippen LogP contribution in [0.1, 0.15) is 45.3 Å². The molecule has 160 valence electrons. The maximum Gasteiger partial charge on any atom is 0.193 e. The molecule has 5 nitrogen and oxygen atoms in total. The summed E-state index contributed by atoms with van der Waals surface area (Å²) in [5, 5.41) is 42.2. The van der Waals surface area contributed by atoms with Gasteiger partial charge in [-0.3, -0.25) is 4.79 Å². The molecule has 3 aliphatic carbocycles. The molecule has 5 heteroatoms. The first-order valence-corrected chi connectivity index (χ1v) is 11.0. The van der Waals surface area contributed by atoms with Gasteiger partial charge in [-0.25, -0.2) is 0 Å². The lowest BCUT2D eigenvalue weighted by atomic mass is 9.32. The highest BCUT2D eigenvalue weighted by Gasteiger charge is 2.80. The summed E-state index contributed by atoms with van der Waals surface area (Å²) in [6.07, 6.45) is 0.297. The summed E-state index contributed by atoms with van der Waals surface area (Å²) in [6.45, 7) is 0. The number of rotatable bonds is 3. The average molecular weight is 438 g/mol. The van der Waals surface area contributed by atoms with Gasteiger partial charge in [0.25, 0.3) is 0 Å². The molecule has 2 bridgehead atoms. The molecule has 3 aromatic carbocycles. The van der Waals surface area contributed by atoms with Crippen LogP contribution in [-0.2, 0) is 5.41 Å². The van der Waals surface area contributed by atoms with E-state index in [1.165, 1.54) is 0 Å². The van der Waals surface area contributed by atoms with E-state index in [2.05, 4.69) is 24.3 Å². The van der Waals surface area contributed by atoms with E-state index in [1.807, 2.05) is 36.4 Å². The molecule has 0 amide bonds. The van der Waals surface area contributed by atoms with Crippen LogP contribution in [0.5, 0.6) is 0 Å². The van der Waals surface area contributed by atoms with Crippen molar-refractivity contribution in [2.24, 2.45) is 10.8 Å². The molecule has 0 N–H and O–H groups in total. The third-order valence-electron chi connectivity index (χ3n) is 7.75. The maximum atomic E-state index is 14.7. The second-order valence-corrected chi connectivity index (χ2v) is 8.85. The Morgan fingerprint density at radius 1 is 0.706 bits per heavy atom. The molecule has 3 atom stereocenters. The Morgan fingerprint density at radius 2 is 1.26 bits per heavy atom. The largest absolute Gasteiger partial charge is 0.293 e. The first kappa shape index (κ1) is 21.2. The molecule has 3 unspecified atom stereocenters. The molecule has 0 saturated heterocycles. The number of benzene rings is 3. The van der Waals surface area contributed by atoms with Crippen molar-refractivity contribution in [3.05, 3.63) is 107 Å². The van der Waals surface area contributed by atoms with Crippen LogP contribution in [0.3, 0.4) is 0 Å². The molecule has 0 radical (unpaired) electrons. The van der Waals surface area contributed by atoms with Gasteiger partial charge in [0, 0.05) is 17.4 Å². The highest BCUT2D eigenvalue weighted by molar-refractivity contribution is 6.08. The lowest BCUT2D eigenvalue weighted by Crippen LogP contribution is -2.69. The second kappa shape index (κ2) is 7.42. The van der Waals surface area contributed by atoms with Crippen molar-refractivity contribution < 1.29 is 4.79 Å². The number of hydrogen-bond acceptors (Lipinski definition) is 5. The van der Waals surface area contributed by atoms with Gasteiger partial charge in [0.2, 0.25) is 0 Å². The SMILES string of the molecule is N#CC1(C#N)C2CC(c3ccccc3)C(C(=O)c3ccccc3)(c3ccccc32)C1(C#N)C#N. The molecule has 6 rings (SSSR count). The van der Waals surface area contributed by atoms with Crippen molar-refractivity contribution in [1.82, 2.24) is 0 Å². The smallest absolute Gasteiger partial charge is 0.193 e. The minimum absolute atomic E-state index is 0.297. The van der Waals surface area contributed by atoms with Crippen LogP contribution in [0.4, 0.5) is 0 Å². The number of fused-ring (bicyclic) bond motifs is 2. The quantitative estimate of drug-likeness (QED) is 0.524. The lowest BCUT2D eigenvalue weighted by Gasteiger charge is -2.62. The van der Waals surface area contributed by atoms with Gasteiger partial charge in [0.1, 0.15) is 5.41 Å². The summed E-state index contributed by atoms with van der Waals surface area (Å²) in [5.74, 6) is -1.70. The molecule has 3 aromatic rings. The Balaban J connectivity index is 2.01. The van der Waals surface area contributed by atoms with Gasteiger partial charge < -0.3 is 0 Å². The van der Waals surface area contributed by atoms with Crippen LogP contribution >= 0.6 is 0 Å². The van der Waals surface area contributed by atoms with E-state index in [1.54, 1.807) is 48.5 Å². The summed E-state index contributed by atoms with van der Waals surface area (Å²) < 4.78 is 0. The second-order valence-electron chi connectivity index (χ2n) is 8.85. The van der Waals surface area contributed by atoms with Crippen molar-refractivity contribution in [3.63, 3.8) is 0 Å². The van der Waals surface area contributed by atoms with Crippen molar-refractivity contribution in [3.8, 4) is 24.3 Å². The van der Waals surface area contributed by atoms with E-state index in [-0.39, 0.29) is 0 Å². The van der Waals surface area contributed by atoms with Gasteiger partial charge in [0.15, 0.2) is 16.6 Å². The first-order valence-electron chi connectivity index (χ1n) is 11.0. The summed E-state index contributed by atoms with van der Waals surface area (Å²) in [5.41, 5.74) is -3.63. The first-order chi connectivity index (χ1) is 16.6. The van der Waals surface area contributed by atoms with Crippen LogP contribution in [-0.4, -0.2) is 5.78 Å². The van der Waals surface area contributed by atoms with Gasteiger partial charge in [-0.1, -0.05) is 84.9 Å². The van der Waals surface area contributed by atoms with Crippen molar-refractivity contribution in [2.75, 3.05) is 0 Å². The monoisotopic (exact) mass is 438 g/mol. The van der Waals surface area contributed by atoms with Crippen LogP contribution in [0, 0.1) is 56.2 Å². The Kier molecular flexibility index (Phi) is 4.62. The Labute approximate surface area is 197 Å². The van der Waals surface area contributed by atoms with Gasteiger partial charge in [-0.2, -0.15) is 21.0 Å². The van der Waals surface area contributed by atoms with E-state index in [0.717, 1.165) is 5.56 Å². The van der Waals surface area contributed by atoms with E-state index < -0.39 is 33.9 Å². The van der Waals surface area contributed by atoms with E-state index in [4.69, 9.17) is 0 Å². The topological polar surface area (TPSA) is 112 Å². The van der Waals surface area contributed by atoms with Crippen LogP contribution in [0.15, 0.2) is 84.9 Å². The maximum absolute atomic E-state index is 14.7. The van der Waals surface area contributed by atoms with Crippen LogP contribution < -0.4 is 0 Å². The lowest BCUT2D eigenvalue weighted by molar-refractivity contribution is 0.0185. The van der Waals surface area contributed by atoms with Crippen molar-refractivity contribution >= 4 is 5.78 Å². The van der Waals surface area contributed by atoms with Gasteiger partial charge in [-0.15, -0.1) is 0 Å². The molecule has 0 aliphatic heterocycles. The molecule has 0 heterocycles. The number of hydrogen-bond donors (Lipinski definition) is 0. The molecular formula is C29H18N4O. The van der Waals surface area contributed by atoms with E-state index >= 15 is 0 Å². The van der Waals surface area contributed by atoms with Crippen LogP contribution in [0.2, 0.25) is 0 Å². The Morgan fingerprint density at radius 3 is 1.85 bits per heavy atom. The molecule has 0 aromatic heterocycles. The number of nitrogens with zero attached hydrogens (tertiary/aromatic N) is 4. The third-order valence-corrected chi connectivity index (χ3v) is 7.75. The fourth-order valence-electron chi connectivity index (χ4n) is 6.40.